The molecule has 1 aliphatic heterocycles. The van der Waals surface area contributed by atoms with Crippen LogP contribution in [0.1, 0.15) is 5.56 Å². The van der Waals surface area contributed by atoms with Crippen LogP contribution in [0.25, 0.3) is 0 Å². The predicted molar refractivity (Wildman–Crippen MR) is 63.1 cm³/mol. The third kappa shape index (κ3) is 2.77. The number of benzene rings is 1. The quantitative estimate of drug-likeness (QED) is 0.810. The Morgan fingerprint density at radius 2 is 2.12 bits per heavy atom. The summed E-state index contributed by atoms with van der Waals surface area (Å²) in [6.07, 6.45) is -0.548. The Morgan fingerprint density at radius 3 is 2.75 bits per heavy atom. The standard InChI is InChI=1S/C12H14O3S/c13-11-8-16-7-10(11)12(14)15-6-9-4-2-1-3-5-9/h1-5,10-11,13H,6-8H2. The summed E-state index contributed by atoms with van der Waals surface area (Å²) in [7, 11) is 0. The Balaban J connectivity index is 1.84. The van der Waals surface area contributed by atoms with Gasteiger partial charge in [0, 0.05) is 11.5 Å². The lowest BCUT2D eigenvalue weighted by Gasteiger charge is -2.12. The van der Waals surface area contributed by atoms with Crippen LogP contribution in [0.15, 0.2) is 30.3 Å². The number of esters is 1. The van der Waals surface area contributed by atoms with Gasteiger partial charge in [-0.05, 0) is 5.56 Å². The zero-order chi connectivity index (χ0) is 11.4. The van der Waals surface area contributed by atoms with Gasteiger partial charge in [0.2, 0.25) is 0 Å². The molecule has 0 saturated carbocycles. The first-order chi connectivity index (χ1) is 7.77. The van der Waals surface area contributed by atoms with Crippen molar-refractivity contribution in [2.75, 3.05) is 11.5 Å². The van der Waals surface area contributed by atoms with E-state index in [1.165, 1.54) is 0 Å². The molecule has 1 saturated heterocycles. The van der Waals surface area contributed by atoms with Gasteiger partial charge in [-0.25, -0.2) is 0 Å². The SMILES string of the molecule is O=C(OCc1ccccc1)C1CSCC1O. The number of carbonyl (C=O) groups excluding carboxylic acids is 1. The van der Waals surface area contributed by atoms with Gasteiger partial charge in [-0.15, -0.1) is 0 Å². The Hall–Kier alpha value is -1.00. The molecule has 0 aliphatic carbocycles. The van der Waals surface area contributed by atoms with E-state index in [0.717, 1.165) is 5.56 Å². The van der Waals surface area contributed by atoms with E-state index in [1.54, 1.807) is 11.8 Å². The number of rotatable bonds is 3. The molecule has 86 valence electrons. The first kappa shape index (κ1) is 11.5. The second kappa shape index (κ2) is 5.37. The number of carbonyl (C=O) groups is 1. The van der Waals surface area contributed by atoms with Gasteiger partial charge in [-0.1, -0.05) is 30.3 Å². The van der Waals surface area contributed by atoms with Crippen LogP contribution < -0.4 is 0 Å². The van der Waals surface area contributed by atoms with E-state index < -0.39 is 6.10 Å². The summed E-state index contributed by atoms with van der Waals surface area (Å²) in [6.45, 7) is 0.285. The Labute approximate surface area is 98.8 Å². The second-order valence-corrected chi connectivity index (χ2v) is 4.88. The molecule has 1 aromatic rings. The number of ether oxygens (including phenoxy) is 1. The van der Waals surface area contributed by atoms with Crippen LogP contribution in [0, 0.1) is 5.92 Å². The van der Waals surface area contributed by atoms with Crippen molar-refractivity contribution in [3.05, 3.63) is 35.9 Å². The number of hydrogen-bond donors (Lipinski definition) is 1. The van der Waals surface area contributed by atoms with Crippen LogP contribution >= 0.6 is 11.8 Å². The molecule has 1 aromatic carbocycles. The molecule has 2 atom stereocenters. The predicted octanol–water partition coefficient (Wildman–Crippen LogP) is 1.45. The average Bonchev–Trinajstić information content (AvgIpc) is 2.74. The lowest BCUT2D eigenvalue weighted by molar-refractivity contribution is -0.151. The van der Waals surface area contributed by atoms with Crippen molar-refractivity contribution >= 4 is 17.7 Å². The Bertz CT molecular complexity index is 353. The van der Waals surface area contributed by atoms with Crippen molar-refractivity contribution in [2.45, 2.75) is 12.7 Å². The second-order valence-electron chi connectivity index (χ2n) is 3.80. The monoisotopic (exact) mass is 238 g/mol. The normalized spacial score (nSPS) is 24.3. The van der Waals surface area contributed by atoms with Gasteiger partial charge in [0.15, 0.2) is 0 Å². The van der Waals surface area contributed by atoms with E-state index in [9.17, 15) is 9.90 Å². The summed E-state index contributed by atoms with van der Waals surface area (Å²) < 4.78 is 5.17. The van der Waals surface area contributed by atoms with E-state index in [2.05, 4.69) is 0 Å². The molecule has 0 aromatic heterocycles. The fraction of sp³-hybridized carbons (Fsp3) is 0.417. The third-order valence-electron chi connectivity index (χ3n) is 2.58. The first-order valence-corrected chi connectivity index (χ1v) is 6.39. The summed E-state index contributed by atoms with van der Waals surface area (Å²) in [6, 6.07) is 9.55. The molecular formula is C12H14O3S. The number of aliphatic hydroxyl groups excluding tert-OH is 1. The molecule has 0 bridgehead atoms. The minimum Gasteiger partial charge on any atom is -0.461 e. The Morgan fingerprint density at radius 1 is 1.38 bits per heavy atom. The number of aliphatic hydroxyl groups is 1. The van der Waals surface area contributed by atoms with Crippen LogP contribution in [-0.4, -0.2) is 28.7 Å². The van der Waals surface area contributed by atoms with Gasteiger partial charge >= 0.3 is 5.97 Å². The average molecular weight is 238 g/mol. The molecule has 4 heteroatoms. The molecule has 0 spiro atoms. The largest absolute Gasteiger partial charge is 0.461 e. The minimum absolute atomic E-state index is 0.285. The summed E-state index contributed by atoms with van der Waals surface area (Å²) in [5.74, 6) is 0.648. The molecule has 1 fully saturated rings. The summed E-state index contributed by atoms with van der Waals surface area (Å²) >= 11 is 1.59. The highest BCUT2D eigenvalue weighted by Gasteiger charge is 2.33. The highest BCUT2D eigenvalue weighted by molar-refractivity contribution is 7.99. The smallest absolute Gasteiger partial charge is 0.312 e. The molecule has 0 radical (unpaired) electrons. The van der Waals surface area contributed by atoms with E-state index in [0.29, 0.717) is 11.5 Å². The van der Waals surface area contributed by atoms with Crippen molar-refractivity contribution in [1.82, 2.24) is 0 Å². The Kier molecular flexibility index (Phi) is 3.85. The van der Waals surface area contributed by atoms with Crippen LogP contribution in [0.5, 0.6) is 0 Å². The van der Waals surface area contributed by atoms with Crippen LogP contribution in [0.3, 0.4) is 0 Å². The molecule has 16 heavy (non-hydrogen) atoms. The third-order valence-corrected chi connectivity index (χ3v) is 3.75. The van der Waals surface area contributed by atoms with Crippen molar-refractivity contribution < 1.29 is 14.6 Å². The van der Waals surface area contributed by atoms with E-state index in [-0.39, 0.29) is 18.5 Å². The zero-order valence-corrected chi connectivity index (χ0v) is 9.65. The van der Waals surface area contributed by atoms with Gasteiger partial charge in [-0.3, -0.25) is 4.79 Å². The van der Waals surface area contributed by atoms with Crippen molar-refractivity contribution in [3.63, 3.8) is 0 Å². The maximum Gasteiger partial charge on any atom is 0.312 e. The summed E-state index contributed by atoms with van der Waals surface area (Å²) in [5.41, 5.74) is 0.969. The highest BCUT2D eigenvalue weighted by atomic mass is 32.2. The summed E-state index contributed by atoms with van der Waals surface area (Å²) in [5, 5.41) is 9.53. The molecule has 1 aliphatic rings. The molecule has 2 rings (SSSR count). The number of thioether (sulfide) groups is 1. The van der Waals surface area contributed by atoms with Crippen LogP contribution in [-0.2, 0) is 16.1 Å². The topological polar surface area (TPSA) is 46.5 Å². The van der Waals surface area contributed by atoms with Crippen LogP contribution in [0.4, 0.5) is 0 Å². The molecular weight excluding hydrogens is 224 g/mol. The fourth-order valence-electron chi connectivity index (χ4n) is 1.60. The highest BCUT2D eigenvalue weighted by Crippen LogP contribution is 2.25. The molecule has 0 amide bonds. The van der Waals surface area contributed by atoms with Crippen molar-refractivity contribution in [1.29, 1.82) is 0 Å². The van der Waals surface area contributed by atoms with Gasteiger partial charge in [0.1, 0.15) is 6.61 Å². The molecule has 1 N–H and O–H groups in total. The van der Waals surface area contributed by atoms with Crippen LogP contribution in [0.2, 0.25) is 0 Å². The lowest BCUT2D eigenvalue weighted by Crippen LogP contribution is -2.28. The van der Waals surface area contributed by atoms with Crippen molar-refractivity contribution in [3.8, 4) is 0 Å². The zero-order valence-electron chi connectivity index (χ0n) is 8.83. The van der Waals surface area contributed by atoms with Gasteiger partial charge < -0.3 is 9.84 Å². The van der Waals surface area contributed by atoms with Gasteiger partial charge in [-0.2, -0.15) is 11.8 Å². The molecule has 3 nitrogen and oxygen atoms in total. The van der Waals surface area contributed by atoms with E-state index in [1.807, 2.05) is 30.3 Å². The minimum atomic E-state index is -0.548. The maximum atomic E-state index is 11.6. The van der Waals surface area contributed by atoms with Crippen molar-refractivity contribution in [2.24, 2.45) is 5.92 Å². The van der Waals surface area contributed by atoms with Gasteiger partial charge in [0.05, 0.1) is 12.0 Å². The van der Waals surface area contributed by atoms with E-state index in [4.69, 9.17) is 4.74 Å². The molecule has 2 unspecified atom stereocenters. The first-order valence-electron chi connectivity index (χ1n) is 5.24. The van der Waals surface area contributed by atoms with E-state index >= 15 is 0 Å². The molecule has 1 heterocycles. The fourth-order valence-corrected chi connectivity index (χ4v) is 2.83. The summed E-state index contributed by atoms with van der Waals surface area (Å²) in [4.78, 5) is 11.6. The lowest BCUT2D eigenvalue weighted by atomic mass is 10.1. The maximum absolute atomic E-state index is 11.6. The van der Waals surface area contributed by atoms with Gasteiger partial charge in [0.25, 0.3) is 0 Å². The number of hydrogen-bond acceptors (Lipinski definition) is 4.